The molecular formula is C12H11FN2O3S. The second kappa shape index (κ2) is 5.41. The SMILES string of the molecule is NC(=S)c1cccc(CN2C(=O)COCC2=O)c1F. The van der Waals surface area contributed by atoms with Crippen molar-refractivity contribution in [1.29, 1.82) is 0 Å². The second-order valence-corrected chi connectivity index (χ2v) is 4.45. The van der Waals surface area contributed by atoms with Crippen molar-refractivity contribution in [2.45, 2.75) is 6.54 Å². The highest BCUT2D eigenvalue weighted by molar-refractivity contribution is 7.80. The van der Waals surface area contributed by atoms with Crippen molar-refractivity contribution in [3.63, 3.8) is 0 Å². The van der Waals surface area contributed by atoms with Crippen molar-refractivity contribution < 1.29 is 18.7 Å². The fraction of sp³-hybridized carbons (Fsp3) is 0.250. The number of nitrogens with two attached hydrogens (primary N) is 1. The molecule has 0 aromatic heterocycles. The van der Waals surface area contributed by atoms with Crippen LogP contribution in [0.2, 0.25) is 0 Å². The summed E-state index contributed by atoms with van der Waals surface area (Å²) in [5.74, 6) is -1.59. The van der Waals surface area contributed by atoms with Crippen molar-refractivity contribution >= 4 is 29.0 Å². The molecule has 1 aromatic carbocycles. The molecule has 100 valence electrons. The van der Waals surface area contributed by atoms with Crippen LogP contribution in [0.3, 0.4) is 0 Å². The Labute approximate surface area is 114 Å². The van der Waals surface area contributed by atoms with Gasteiger partial charge in [-0.2, -0.15) is 0 Å². The summed E-state index contributed by atoms with van der Waals surface area (Å²) in [6.45, 7) is -0.506. The van der Waals surface area contributed by atoms with E-state index < -0.39 is 17.6 Å². The fourth-order valence-electron chi connectivity index (χ4n) is 1.76. The molecule has 1 heterocycles. The molecule has 0 atom stereocenters. The van der Waals surface area contributed by atoms with E-state index in [2.05, 4.69) is 0 Å². The Kier molecular flexibility index (Phi) is 3.87. The number of benzene rings is 1. The number of morpholine rings is 1. The van der Waals surface area contributed by atoms with Crippen molar-refractivity contribution in [1.82, 2.24) is 4.90 Å². The van der Waals surface area contributed by atoms with E-state index in [-0.39, 0.29) is 35.9 Å². The van der Waals surface area contributed by atoms with Crippen LogP contribution in [-0.2, 0) is 20.9 Å². The molecule has 2 N–H and O–H groups in total. The molecule has 1 fully saturated rings. The quantitative estimate of drug-likeness (QED) is 0.639. The first-order valence-corrected chi connectivity index (χ1v) is 5.89. The summed E-state index contributed by atoms with van der Waals surface area (Å²) < 4.78 is 18.9. The molecule has 0 spiro atoms. The number of ether oxygens (including phenoxy) is 1. The lowest BCUT2D eigenvalue weighted by Gasteiger charge is -2.25. The van der Waals surface area contributed by atoms with Gasteiger partial charge < -0.3 is 10.5 Å². The lowest BCUT2D eigenvalue weighted by molar-refractivity contribution is -0.159. The van der Waals surface area contributed by atoms with Gasteiger partial charge in [-0.1, -0.05) is 24.4 Å². The van der Waals surface area contributed by atoms with Gasteiger partial charge >= 0.3 is 0 Å². The number of hydrogen-bond acceptors (Lipinski definition) is 4. The van der Waals surface area contributed by atoms with Crippen LogP contribution >= 0.6 is 12.2 Å². The Bertz CT molecular complexity index is 546. The van der Waals surface area contributed by atoms with Gasteiger partial charge in [-0.05, 0) is 6.07 Å². The lowest BCUT2D eigenvalue weighted by atomic mass is 10.1. The highest BCUT2D eigenvalue weighted by Crippen LogP contribution is 2.16. The summed E-state index contributed by atoms with van der Waals surface area (Å²) in [7, 11) is 0. The zero-order chi connectivity index (χ0) is 14.0. The molecule has 0 saturated carbocycles. The molecule has 1 aromatic rings. The predicted octanol–water partition coefficient (Wildman–Crippen LogP) is 0.345. The normalized spacial score (nSPS) is 15.7. The van der Waals surface area contributed by atoms with Crippen LogP contribution in [0, 0.1) is 5.82 Å². The summed E-state index contributed by atoms with van der Waals surface area (Å²) in [6, 6.07) is 4.50. The first kappa shape index (κ1) is 13.6. The zero-order valence-corrected chi connectivity index (χ0v) is 10.7. The number of rotatable bonds is 3. The molecule has 2 rings (SSSR count). The van der Waals surface area contributed by atoms with E-state index in [1.165, 1.54) is 12.1 Å². The maximum absolute atomic E-state index is 14.1. The molecule has 19 heavy (non-hydrogen) atoms. The Morgan fingerprint density at radius 1 is 1.37 bits per heavy atom. The standard InChI is InChI=1S/C12H11FN2O3S/c13-11-7(2-1-3-8(11)12(14)19)4-15-9(16)5-18-6-10(15)17/h1-3H,4-6H2,(H2,14,19). The van der Waals surface area contributed by atoms with E-state index in [1.807, 2.05) is 0 Å². The first-order valence-electron chi connectivity index (χ1n) is 5.49. The van der Waals surface area contributed by atoms with E-state index in [9.17, 15) is 14.0 Å². The van der Waals surface area contributed by atoms with E-state index in [1.54, 1.807) is 6.07 Å². The van der Waals surface area contributed by atoms with Gasteiger partial charge in [0, 0.05) is 11.1 Å². The van der Waals surface area contributed by atoms with Crippen LogP contribution in [0.4, 0.5) is 4.39 Å². The van der Waals surface area contributed by atoms with E-state index in [0.29, 0.717) is 0 Å². The van der Waals surface area contributed by atoms with Gasteiger partial charge in [0.25, 0.3) is 11.8 Å². The van der Waals surface area contributed by atoms with Crippen LogP contribution in [0.15, 0.2) is 18.2 Å². The zero-order valence-electron chi connectivity index (χ0n) is 9.89. The molecular weight excluding hydrogens is 271 g/mol. The van der Waals surface area contributed by atoms with Crippen LogP contribution in [-0.4, -0.2) is 34.9 Å². The van der Waals surface area contributed by atoms with Gasteiger partial charge in [-0.25, -0.2) is 4.39 Å². The average molecular weight is 282 g/mol. The number of imide groups is 1. The summed E-state index contributed by atoms with van der Waals surface area (Å²) in [5.41, 5.74) is 5.68. The number of hydrogen-bond donors (Lipinski definition) is 1. The van der Waals surface area contributed by atoms with Gasteiger partial charge in [0.1, 0.15) is 24.0 Å². The predicted molar refractivity (Wildman–Crippen MR) is 68.7 cm³/mol. The fourth-order valence-corrected chi connectivity index (χ4v) is 1.92. The third-order valence-corrected chi connectivity index (χ3v) is 2.95. The Morgan fingerprint density at radius 3 is 2.58 bits per heavy atom. The third kappa shape index (κ3) is 2.77. The summed E-state index contributed by atoms with van der Waals surface area (Å²) in [4.78, 5) is 24.0. The largest absolute Gasteiger partial charge is 0.389 e. The molecule has 5 nitrogen and oxygen atoms in total. The molecule has 2 amide bonds. The van der Waals surface area contributed by atoms with E-state index in [0.717, 1.165) is 4.90 Å². The monoisotopic (exact) mass is 282 g/mol. The first-order chi connectivity index (χ1) is 9.00. The van der Waals surface area contributed by atoms with Crippen molar-refractivity contribution in [2.75, 3.05) is 13.2 Å². The average Bonchev–Trinajstić information content (AvgIpc) is 2.35. The summed E-state index contributed by atoms with van der Waals surface area (Å²) in [6.07, 6.45) is 0. The third-order valence-electron chi connectivity index (χ3n) is 2.73. The Morgan fingerprint density at radius 2 is 2.00 bits per heavy atom. The van der Waals surface area contributed by atoms with Crippen LogP contribution < -0.4 is 5.73 Å². The lowest BCUT2D eigenvalue weighted by Crippen LogP contribution is -2.45. The number of halogens is 1. The van der Waals surface area contributed by atoms with Gasteiger partial charge in [0.05, 0.1) is 6.54 Å². The second-order valence-electron chi connectivity index (χ2n) is 4.01. The number of thiocarbonyl (C=S) groups is 1. The minimum absolute atomic E-state index is 0.0704. The van der Waals surface area contributed by atoms with E-state index >= 15 is 0 Å². The van der Waals surface area contributed by atoms with Crippen molar-refractivity contribution in [3.8, 4) is 0 Å². The topological polar surface area (TPSA) is 72.6 Å². The molecule has 0 unspecified atom stereocenters. The molecule has 0 radical (unpaired) electrons. The maximum atomic E-state index is 14.1. The Hall–Kier alpha value is -1.86. The maximum Gasteiger partial charge on any atom is 0.255 e. The number of carbonyl (C=O) groups is 2. The van der Waals surface area contributed by atoms with Gasteiger partial charge in [0.15, 0.2) is 0 Å². The molecule has 0 aliphatic carbocycles. The molecule has 7 heteroatoms. The minimum Gasteiger partial charge on any atom is -0.389 e. The van der Waals surface area contributed by atoms with Gasteiger partial charge in [-0.3, -0.25) is 14.5 Å². The van der Waals surface area contributed by atoms with Crippen LogP contribution in [0.5, 0.6) is 0 Å². The minimum atomic E-state index is -0.609. The molecule has 0 bridgehead atoms. The highest BCUT2D eigenvalue weighted by atomic mass is 32.1. The highest BCUT2D eigenvalue weighted by Gasteiger charge is 2.27. The molecule has 1 saturated heterocycles. The van der Waals surface area contributed by atoms with Crippen molar-refractivity contribution in [3.05, 3.63) is 35.1 Å². The van der Waals surface area contributed by atoms with Crippen LogP contribution in [0.1, 0.15) is 11.1 Å². The Balaban J connectivity index is 2.28. The summed E-state index contributed by atoms with van der Waals surface area (Å²) >= 11 is 4.73. The van der Waals surface area contributed by atoms with E-state index in [4.69, 9.17) is 22.7 Å². The number of amides is 2. The smallest absolute Gasteiger partial charge is 0.255 e. The van der Waals surface area contributed by atoms with Crippen LogP contribution in [0.25, 0.3) is 0 Å². The summed E-state index contributed by atoms with van der Waals surface area (Å²) in [5, 5.41) is 0. The number of carbonyl (C=O) groups excluding carboxylic acids is 2. The van der Waals surface area contributed by atoms with Gasteiger partial charge in [-0.15, -0.1) is 0 Å². The number of nitrogens with zero attached hydrogens (tertiary/aromatic N) is 1. The van der Waals surface area contributed by atoms with Crippen molar-refractivity contribution in [2.24, 2.45) is 5.73 Å². The molecule has 1 aliphatic rings. The van der Waals surface area contributed by atoms with Gasteiger partial charge in [0.2, 0.25) is 0 Å². The molecule has 1 aliphatic heterocycles.